The Hall–Kier alpha value is -3.88. The summed E-state index contributed by atoms with van der Waals surface area (Å²) in [6.45, 7) is 3.19. The molecule has 210 valence electrons. The number of nitrogens with one attached hydrogen (secondary N) is 1. The molecule has 4 aromatic rings. The van der Waals surface area contributed by atoms with E-state index in [1.807, 2.05) is 6.07 Å². The number of benzene rings is 2. The molecule has 3 heterocycles. The van der Waals surface area contributed by atoms with E-state index in [-0.39, 0.29) is 29.1 Å². The van der Waals surface area contributed by atoms with Crippen LogP contribution in [0.15, 0.2) is 58.2 Å². The van der Waals surface area contributed by atoms with Gasteiger partial charge in [-0.2, -0.15) is 13.1 Å². The number of hydrogen-bond donors (Lipinski definition) is 1. The average molecular weight is 585 g/mol. The fourth-order valence-corrected chi connectivity index (χ4v) is 7.19. The van der Waals surface area contributed by atoms with Crippen molar-refractivity contribution in [1.82, 2.24) is 22.4 Å². The first-order valence-corrected chi connectivity index (χ1v) is 14.9. The Balaban J connectivity index is 1.34. The van der Waals surface area contributed by atoms with Crippen molar-refractivity contribution in [3.8, 4) is 5.69 Å². The zero-order chi connectivity index (χ0) is 28.6. The predicted molar refractivity (Wildman–Crippen MR) is 149 cm³/mol. The van der Waals surface area contributed by atoms with Crippen molar-refractivity contribution in [2.24, 2.45) is 7.05 Å². The zero-order valence-corrected chi connectivity index (χ0v) is 23.7. The van der Waals surface area contributed by atoms with Gasteiger partial charge in [-0.05, 0) is 57.4 Å². The van der Waals surface area contributed by atoms with E-state index in [9.17, 15) is 22.8 Å². The molecule has 14 heteroatoms. The third-order valence-corrected chi connectivity index (χ3v) is 9.51. The number of para-hydroxylation sites is 1. The second-order valence-corrected chi connectivity index (χ2v) is 11.9. The average Bonchev–Trinajstić information content (AvgIpc) is 3.52. The van der Waals surface area contributed by atoms with Crippen molar-refractivity contribution in [2.75, 3.05) is 11.9 Å². The van der Waals surface area contributed by atoms with Gasteiger partial charge in [0.2, 0.25) is 10.0 Å². The molecule has 0 aliphatic carbocycles. The molecule has 0 bridgehead atoms. The molecule has 0 radical (unpaired) electrons. The Bertz CT molecular complexity index is 1740. The standard InChI is InChI=1S/C26H28N6O6S2/c1-16-22(25(34)32(30(16)3)18-10-5-4-6-11-18)27-24(33)17(2)38-26(35)20-13-7-8-15-31(20)40(36,37)21-14-9-12-19-23(21)29-39-28-19/h4-6,9-12,14,17,20H,7-8,13,15H2,1-3H3,(H,27,33). The Morgan fingerprint density at radius 2 is 1.85 bits per heavy atom. The number of fused-ring (bicyclic) bond motifs is 1. The Kier molecular flexibility index (Phi) is 7.57. The van der Waals surface area contributed by atoms with Crippen LogP contribution in [0, 0.1) is 6.92 Å². The van der Waals surface area contributed by atoms with E-state index in [0.717, 1.165) is 16.0 Å². The zero-order valence-electron chi connectivity index (χ0n) is 22.1. The highest BCUT2D eigenvalue weighted by molar-refractivity contribution is 7.89. The van der Waals surface area contributed by atoms with E-state index in [2.05, 4.69) is 14.1 Å². The highest BCUT2D eigenvalue weighted by Crippen LogP contribution is 2.30. The molecule has 1 fully saturated rings. The summed E-state index contributed by atoms with van der Waals surface area (Å²) in [5.74, 6) is -1.54. The van der Waals surface area contributed by atoms with Crippen LogP contribution in [0.5, 0.6) is 0 Å². The predicted octanol–water partition coefficient (Wildman–Crippen LogP) is 2.60. The van der Waals surface area contributed by atoms with Gasteiger partial charge >= 0.3 is 5.97 Å². The molecular formula is C26H28N6O6S2. The van der Waals surface area contributed by atoms with Gasteiger partial charge in [0, 0.05) is 13.6 Å². The first-order valence-electron chi connectivity index (χ1n) is 12.7. The van der Waals surface area contributed by atoms with Gasteiger partial charge in [-0.1, -0.05) is 24.3 Å². The molecule has 2 aromatic heterocycles. The van der Waals surface area contributed by atoms with Gasteiger partial charge in [-0.25, -0.2) is 13.1 Å². The summed E-state index contributed by atoms with van der Waals surface area (Å²) < 4.78 is 45.1. The van der Waals surface area contributed by atoms with Crippen molar-refractivity contribution in [1.29, 1.82) is 0 Å². The minimum absolute atomic E-state index is 0.0292. The van der Waals surface area contributed by atoms with Crippen LogP contribution in [-0.4, -0.2) is 61.4 Å². The molecule has 5 rings (SSSR count). The first-order chi connectivity index (χ1) is 19.1. The minimum Gasteiger partial charge on any atom is -0.451 e. The van der Waals surface area contributed by atoms with Gasteiger partial charge in [0.15, 0.2) is 6.10 Å². The molecule has 2 atom stereocenters. The maximum absolute atomic E-state index is 13.6. The first kappa shape index (κ1) is 27.7. The molecule has 2 aromatic carbocycles. The highest BCUT2D eigenvalue weighted by atomic mass is 32.2. The van der Waals surface area contributed by atoms with Gasteiger partial charge in [0.05, 0.1) is 23.1 Å². The number of amides is 1. The number of aromatic nitrogens is 4. The number of ether oxygens (including phenoxy) is 1. The molecule has 1 N–H and O–H groups in total. The summed E-state index contributed by atoms with van der Waals surface area (Å²) in [5.41, 5.74) is 1.46. The van der Waals surface area contributed by atoms with E-state index < -0.39 is 39.6 Å². The van der Waals surface area contributed by atoms with Gasteiger partial charge in [0.25, 0.3) is 11.5 Å². The normalized spacial score (nSPS) is 17.0. The lowest BCUT2D eigenvalue weighted by molar-refractivity contribution is -0.157. The number of piperidine rings is 1. The maximum atomic E-state index is 13.6. The topological polar surface area (TPSA) is 145 Å². The van der Waals surface area contributed by atoms with Crippen LogP contribution in [0.2, 0.25) is 0 Å². The van der Waals surface area contributed by atoms with E-state index >= 15 is 0 Å². The van der Waals surface area contributed by atoms with Gasteiger partial charge < -0.3 is 10.1 Å². The smallest absolute Gasteiger partial charge is 0.325 e. The summed E-state index contributed by atoms with van der Waals surface area (Å²) in [5, 5.41) is 2.59. The Labute approximate surface area is 234 Å². The molecule has 1 aliphatic rings. The highest BCUT2D eigenvalue weighted by Gasteiger charge is 2.40. The molecule has 2 unspecified atom stereocenters. The maximum Gasteiger partial charge on any atom is 0.325 e. The number of carbonyl (C=O) groups is 2. The Morgan fingerprint density at radius 1 is 1.10 bits per heavy atom. The molecular weight excluding hydrogens is 556 g/mol. The summed E-state index contributed by atoms with van der Waals surface area (Å²) in [4.78, 5) is 39.4. The van der Waals surface area contributed by atoms with Crippen LogP contribution in [0.1, 0.15) is 31.9 Å². The van der Waals surface area contributed by atoms with E-state index in [0.29, 0.717) is 29.7 Å². The van der Waals surface area contributed by atoms with Crippen molar-refractivity contribution >= 4 is 50.3 Å². The summed E-state index contributed by atoms with van der Waals surface area (Å²) in [6, 6.07) is 12.6. The fraction of sp³-hybridized carbons (Fsp3) is 0.346. The third kappa shape index (κ3) is 4.93. The van der Waals surface area contributed by atoms with Crippen molar-refractivity contribution in [2.45, 2.75) is 50.2 Å². The van der Waals surface area contributed by atoms with Crippen molar-refractivity contribution in [3.05, 3.63) is 64.6 Å². The third-order valence-electron chi connectivity index (χ3n) is 7.03. The molecule has 1 amide bonds. The summed E-state index contributed by atoms with van der Waals surface area (Å²) >= 11 is 0.908. The van der Waals surface area contributed by atoms with E-state index in [1.165, 1.54) is 17.7 Å². The molecule has 1 saturated heterocycles. The monoisotopic (exact) mass is 584 g/mol. The minimum atomic E-state index is -4.11. The number of carbonyl (C=O) groups excluding carboxylic acids is 2. The van der Waals surface area contributed by atoms with Gasteiger partial charge in [-0.15, -0.1) is 0 Å². The lowest BCUT2D eigenvalue weighted by Gasteiger charge is -2.33. The second kappa shape index (κ2) is 10.9. The number of hydrogen-bond acceptors (Lipinski definition) is 9. The van der Waals surface area contributed by atoms with Crippen LogP contribution in [0.3, 0.4) is 0 Å². The molecule has 0 saturated carbocycles. The molecule has 1 aliphatic heterocycles. The SMILES string of the molecule is Cc1c(NC(=O)C(C)OC(=O)C2CCCCN2S(=O)(=O)c2cccc3nsnc23)c(=O)n(-c2ccccc2)n1C. The van der Waals surface area contributed by atoms with Crippen LogP contribution in [0.25, 0.3) is 16.7 Å². The second-order valence-electron chi connectivity index (χ2n) is 9.52. The number of nitrogens with zero attached hydrogens (tertiary/aromatic N) is 5. The summed E-state index contributed by atoms with van der Waals surface area (Å²) in [7, 11) is -2.41. The number of sulfonamides is 1. The van der Waals surface area contributed by atoms with Crippen LogP contribution in [-0.2, 0) is 31.4 Å². The van der Waals surface area contributed by atoms with Crippen LogP contribution in [0.4, 0.5) is 5.69 Å². The summed E-state index contributed by atoms with van der Waals surface area (Å²) in [6.07, 6.45) is 0.161. The van der Waals surface area contributed by atoms with E-state index in [4.69, 9.17) is 4.74 Å². The van der Waals surface area contributed by atoms with E-state index in [1.54, 1.807) is 55.1 Å². The largest absolute Gasteiger partial charge is 0.451 e. The van der Waals surface area contributed by atoms with Crippen molar-refractivity contribution < 1.29 is 22.7 Å². The van der Waals surface area contributed by atoms with Crippen molar-refractivity contribution in [3.63, 3.8) is 0 Å². The number of rotatable bonds is 7. The fourth-order valence-electron chi connectivity index (χ4n) is 4.79. The van der Waals surface area contributed by atoms with Crippen LogP contribution < -0.4 is 10.9 Å². The molecule has 12 nitrogen and oxygen atoms in total. The molecule has 0 spiro atoms. The lowest BCUT2D eigenvalue weighted by atomic mass is 10.1. The quantitative estimate of drug-likeness (QED) is 0.326. The molecule has 40 heavy (non-hydrogen) atoms. The van der Waals surface area contributed by atoms with Gasteiger partial charge in [0.1, 0.15) is 27.7 Å². The number of esters is 1. The number of anilines is 1. The lowest BCUT2D eigenvalue weighted by Crippen LogP contribution is -2.49. The Morgan fingerprint density at radius 3 is 2.60 bits per heavy atom. The van der Waals surface area contributed by atoms with Gasteiger partial charge in [-0.3, -0.25) is 19.1 Å². The van der Waals surface area contributed by atoms with Crippen LogP contribution >= 0.6 is 11.7 Å².